The highest BCUT2D eigenvalue weighted by molar-refractivity contribution is 7.98. The molecule has 0 unspecified atom stereocenters. The van der Waals surface area contributed by atoms with Crippen LogP contribution in [0.3, 0.4) is 0 Å². The van der Waals surface area contributed by atoms with E-state index in [2.05, 4.69) is 10.2 Å². The summed E-state index contributed by atoms with van der Waals surface area (Å²) in [6.45, 7) is 0. The van der Waals surface area contributed by atoms with Crippen LogP contribution in [0.2, 0.25) is 0 Å². The van der Waals surface area contributed by atoms with Gasteiger partial charge in [-0.25, -0.2) is 4.79 Å². The molecule has 6 heteroatoms. The Labute approximate surface area is 96.1 Å². The van der Waals surface area contributed by atoms with Crippen molar-refractivity contribution in [2.75, 3.05) is 6.26 Å². The second-order valence-corrected chi connectivity index (χ2v) is 3.90. The van der Waals surface area contributed by atoms with E-state index in [1.807, 2.05) is 30.5 Å². The number of thioether (sulfide) groups is 1. The third-order valence-corrected chi connectivity index (χ3v) is 2.76. The Balaban J connectivity index is 2.31. The first-order chi connectivity index (χ1) is 7.70. The monoisotopic (exact) mass is 235 g/mol. The van der Waals surface area contributed by atoms with Gasteiger partial charge in [-0.15, -0.1) is 16.9 Å². The van der Waals surface area contributed by atoms with E-state index in [0.29, 0.717) is 0 Å². The van der Waals surface area contributed by atoms with Crippen molar-refractivity contribution < 1.29 is 9.90 Å². The second kappa shape index (κ2) is 4.36. The van der Waals surface area contributed by atoms with Crippen LogP contribution in [0.1, 0.15) is 10.5 Å². The molecule has 1 heterocycles. The first-order valence-corrected chi connectivity index (χ1v) is 5.73. The smallest absolute Gasteiger partial charge is 0.358 e. The molecule has 1 N–H and O–H groups in total. The molecule has 1 aromatic heterocycles. The van der Waals surface area contributed by atoms with Crippen molar-refractivity contribution in [2.24, 2.45) is 0 Å². The lowest BCUT2D eigenvalue weighted by atomic mass is 10.3. The third kappa shape index (κ3) is 2.06. The number of nitrogens with zero attached hydrogens (tertiary/aromatic N) is 3. The molecule has 2 aromatic rings. The highest BCUT2D eigenvalue weighted by Crippen LogP contribution is 2.16. The Bertz CT molecular complexity index is 507. The summed E-state index contributed by atoms with van der Waals surface area (Å²) in [7, 11) is 0. The average Bonchev–Trinajstić information content (AvgIpc) is 2.78. The molecule has 0 aliphatic rings. The highest BCUT2D eigenvalue weighted by atomic mass is 32.2. The molecule has 82 valence electrons. The lowest BCUT2D eigenvalue weighted by Gasteiger charge is -2.00. The van der Waals surface area contributed by atoms with Crippen LogP contribution in [0, 0.1) is 0 Å². The fourth-order valence-corrected chi connectivity index (χ4v) is 1.61. The summed E-state index contributed by atoms with van der Waals surface area (Å²) in [5.41, 5.74) is 0.680. The van der Waals surface area contributed by atoms with Crippen molar-refractivity contribution in [1.82, 2.24) is 15.0 Å². The summed E-state index contributed by atoms with van der Waals surface area (Å²) < 4.78 is 0. The van der Waals surface area contributed by atoms with E-state index in [4.69, 9.17) is 5.11 Å². The van der Waals surface area contributed by atoms with Gasteiger partial charge in [0.1, 0.15) is 0 Å². The second-order valence-electron chi connectivity index (χ2n) is 3.02. The van der Waals surface area contributed by atoms with Gasteiger partial charge in [-0.3, -0.25) is 0 Å². The van der Waals surface area contributed by atoms with Crippen molar-refractivity contribution in [2.45, 2.75) is 4.90 Å². The number of hydrogen-bond donors (Lipinski definition) is 1. The fourth-order valence-electron chi connectivity index (χ4n) is 1.20. The lowest BCUT2D eigenvalue weighted by molar-refractivity contribution is 0.0690. The molecule has 0 saturated heterocycles. The maximum Gasteiger partial charge on any atom is 0.358 e. The van der Waals surface area contributed by atoms with E-state index >= 15 is 0 Å². The van der Waals surface area contributed by atoms with Crippen LogP contribution < -0.4 is 0 Å². The van der Waals surface area contributed by atoms with Crippen LogP contribution in [0.25, 0.3) is 5.69 Å². The van der Waals surface area contributed by atoms with Gasteiger partial charge in [0, 0.05) is 4.90 Å². The van der Waals surface area contributed by atoms with E-state index in [1.54, 1.807) is 11.8 Å². The van der Waals surface area contributed by atoms with Gasteiger partial charge in [-0.2, -0.15) is 9.90 Å². The third-order valence-electron chi connectivity index (χ3n) is 2.01. The average molecular weight is 235 g/mol. The van der Waals surface area contributed by atoms with E-state index < -0.39 is 5.97 Å². The summed E-state index contributed by atoms with van der Waals surface area (Å²) >= 11 is 1.64. The maximum absolute atomic E-state index is 10.6. The number of aromatic carboxylic acids is 1. The first kappa shape index (κ1) is 10.7. The van der Waals surface area contributed by atoms with Crippen LogP contribution in [0.15, 0.2) is 35.4 Å². The molecule has 0 amide bonds. The molecule has 2 rings (SSSR count). The minimum Gasteiger partial charge on any atom is -0.476 e. The number of carboxylic acid groups (broad SMARTS) is 1. The summed E-state index contributed by atoms with van der Waals surface area (Å²) in [5, 5.41) is 16.4. The van der Waals surface area contributed by atoms with Gasteiger partial charge >= 0.3 is 5.97 Å². The standard InChI is InChI=1S/C10H9N3O2S/c1-16-8-4-2-7(3-5-8)13-11-6-9(12-13)10(14)15/h2-6H,1H3,(H,14,15). The van der Waals surface area contributed by atoms with E-state index in [-0.39, 0.29) is 5.69 Å². The molecule has 5 nitrogen and oxygen atoms in total. The van der Waals surface area contributed by atoms with Crippen molar-refractivity contribution in [3.63, 3.8) is 0 Å². The molecule has 0 fully saturated rings. The number of hydrogen-bond acceptors (Lipinski definition) is 4. The van der Waals surface area contributed by atoms with Crippen LogP contribution in [-0.2, 0) is 0 Å². The summed E-state index contributed by atoms with van der Waals surface area (Å²) in [6, 6.07) is 7.56. The number of benzene rings is 1. The van der Waals surface area contributed by atoms with E-state index in [0.717, 1.165) is 10.6 Å². The molecular weight excluding hydrogens is 226 g/mol. The summed E-state index contributed by atoms with van der Waals surface area (Å²) in [5.74, 6) is -1.08. The van der Waals surface area contributed by atoms with E-state index in [1.165, 1.54) is 11.0 Å². The van der Waals surface area contributed by atoms with Crippen LogP contribution >= 0.6 is 11.8 Å². The van der Waals surface area contributed by atoms with Crippen molar-refractivity contribution in [1.29, 1.82) is 0 Å². The molecule has 0 atom stereocenters. The van der Waals surface area contributed by atoms with Gasteiger partial charge in [-0.1, -0.05) is 0 Å². The van der Waals surface area contributed by atoms with Gasteiger partial charge in [0.25, 0.3) is 0 Å². The predicted molar refractivity (Wildman–Crippen MR) is 60.1 cm³/mol. The molecule has 0 radical (unpaired) electrons. The molecule has 0 aliphatic heterocycles. The van der Waals surface area contributed by atoms with Gasteiger partial charge in [-0.05, 0) is 30.5 Å². The number of carbonyl (C=O) groups is 1. The minimum absolute atomic E-state index is 0.0612. The molecular formula is C10H9N3O2S. The minimum atomic E-state index is -1.08. The number of rotatable bonds is 3. The van der Waals surface area contributed by atoms with Gasteiger partial charge < -0.3 is 5.11 Å². The van der Waals surface area contributed by atoms with Crippen molar-refractivity contribution >= 4 is 17.7 Å². The SMILES string of the molecule is CSc1ccc(-n2ncc(C(=O)O)n2)cc1. The molecule has 0 aliphatic carbocycles. The largest absolute Gasteiger partial charge is 0.476 e. The lowest BCUT2D eigenvalue weighted by Crippen LogP contribution is -2.01. The molecule has 16 heavy (non-hydrogen) atoms. The maximum atomic E-state index is 10.6. The zero-order valence-electron chi connectivity index (χ0n) is 8.49. The van der Waals surface area contributed by atoms with Crippen LogP contribution in [-0.4, -0.2) is 32.3 Å². The predicted octanol–water partition coefficient (Wildman–Crippen LogP) is 1.69. The normalized spacial score (nSPS) is 10.3. The van der Waals surface area contributed by atoms with Crippen LogP contribution in [0.4, 0.5) is 0 Å². The van der Waals surface area contributed by atoms with Crippen molar-refractivity contribution in [3.8, 4) is 5.69 Å². The Hall–Kier alpha value is -1.82. The number of aromatic nitrogens is 3. The Morgan fingerprint density at radius 1 is 1.38 bits per heavy atom. The highest BCUT2D eigenvalue weighted by Gasteiger charge is 2.08. The van der Waals surface area contributed by atoms with Gasteiger partial charge in [0.05, 0.1) is 11.9 Å². The van der Waals surface area contributed by atoms with Crippen LogP contribution in [0.5, 0.6) is 0 Å². The summed E-state index contributed by atoms with van der Waals surface area (Å²) in [4.78, 5) is 13.1. The quantitative estimate of drug-likeness (QED) is 0.820. The molecule has 0 spiro atoms. The summed E-state index contributed by atoms with van der Waals surface area (Å²) in [6.07, 6.45) is 3.22. The molecule has 1 aromatic carbocycles. The Morgan fingerprint density at radius 3 is 2.56 bits per heavy atom. The molecule has 0 bridgehead atoms. The molecule has 0 saturated carbocycles. The fraction of sp³-hybridized carbons (Fsp3) is 0.100. The Morgan fingerprint density at radius 2 is 2.06 bits per heavy atom. The number of carboxylic acids is 1. The zero-order valence-corrected chi connectivity index (χ0v) is 9.31. The van der Waals surface area contributed by atoms with E-state index in [9.17, 15) is 4.79 Å². The van der Waals surface area contributed by atoms with Gasteiger partial charge in [0.15, 0.2) is 5.69 Å². The Kier molecular flexibility index (Phi) is 2.91. The zero-order chi connectivity index (χ0) is 11.5. The van der Waals surface area contributed by atoms with Crippen molar-refractivity contribution in [3.05, 3.63) is 36.2 Å². The first-order valence-electron chi connectivity index (χ1n) is 4.51. The van der Waals surface area contributed by atoms with Gasteiger partial charge in [0.2, 0.25) is 0 Å². The topological polar surface area (TPSA) is 68.0 Å².